The largest absolute Gasteiger partial charge is 0.489 e. The summed E-state index contributed by atoms with van der Waals surface area (Å²) in [6.45, 7) is 0.397. The predicted octanol–water partition coefficient (Wildman–Crippen LogP) is 2.53. The van der Waals surface area contributed by atoms with Crippen LogP contribution < -0.4 is 16.2 Å². The van der Waals surface area contributed by atoms with Crippen LogP contribution in [0.15, 0.2) is 58.7 Å². The van der Waals surface area contributed by atoms with Crippen LogP contribution in [0.2, 0.25) is 5.02 Å². The van der Waals surface area contributed by atoms with Crippen molar-refractivity contribution in [2.75, 3.05) is 0 Å². The first-order valence-corrected chi connectivity index (χ1v) is 6.61. The number of ether oxygens (including phenoxy) is 1. The van der Waals surface area contributed by atoms with Gasteiger partial charge in [-0.3, -0.25) is 0 Å². The molecule has 21 heavy (non-hydrogen) atoms. The molecule has 2 aromatic carbocycles. The number of hydrogen-bond acceptors (Lipinski definition) is 3. The van der Waals surface area contributed by atoms with E-state index in [-0.39, 0.29) is 5.96 Å². The van der Waals surface area contributed by atoms with Crippen LogP contribution in [0.1, 0.15) is 11.1 Å². The van der Waals surface area contributed by atoms with Crippen LogP contribution in [0.3, 0.4) is 0 Å². The molecule has 0 aromatic heterocycles. The molecule has 0 aliphatic carbocycles. The van der Waals surface area contributed by atoms with E-state index >= 15 is 0 Å². The topological polar surface area (TPSA) is 86.0 Å². The zero-order valence-corrected chi connectivity index (χ0v) is 12.0. The summed E-state index contributed by atoms with van der Waals surface area (Å²) in [7, 11) is 0. The van der Waals surface area contributed by atoms with Gasteiger partial charge in [-0.25, -0.2) is 0 Å². The molecule has 0 radical (unpaired) electrons. The molecule has 5 nitrogen and oxygen atoms in total. The molecular formula is C15H15ClN4O. The van der Waals surface area contributed by atoms with E-state index in [1.165, 1.54) is 0 Å². The van der Waals surface area contributed by atoms with Crippen molar-refractivity contribution in [3.05, 3.63) is 64.7 Å². The average Bonchev–Trinajstić information content (AvgIpc) is 2.46. The van der Waals surface area contributed by atoms with Gasteiger partial charge < -0.3 is 16.2 Å². The molecule has 0 heterocycles. The van der Waals surface area contributed by atoms with Crippen LogP contribution >= 0.6 is 11.6 Å². The van der Waals surface area contributed by atoms with Gasteiger partial charge in [0.15, 0.2) is 0 Å². The molecule has 0 aliphatic rings. The fourth-order valence-corrected chi connectivity index (χ4v) is 1.81. The summed E-state index contributed by atoms with van der Waals surface area (Å²) in [5, 5.41) is 7.97. The van der Waals surface area contributed by atoms with Crippen molar-refractivity contribution in [2.24, 2.45) is 21.7 Å². The first-order chi connectivity index (χ1) is 10.1. The SMILES string of the molecule is NC(N)=N/N=C\c1cccc(OCc2ccccc2Cl)c1. The standard InChI is InChI=1S/C15H15ClN4O/c16-14-7-2-1-5-12(14)10-21-13-6-3-4-11(8-13)9-19-20-15(17)18/h1-9H,10H2,(H4,17,18,20)/b19-9-. The molecule has 0 spiro atoms. The van der Waals surface area contributed by atoms with Crippen molar-refractivity contribution in [1.29, 1.82) is 0 Å². The molecule has 0 saturated heterocycles. The maximum Gasteiger partial charge on any atom is 0.211 e. The van der Waals surface area contributed by atoms with E-state index in [0.29, 0.717) is 17.4 Å². The third-order valence-electron chi connectivity index (χ3n) is 2.59. The van der Waals surface area contributed by atoms with Gasteiger partial charge in [-0.05, 0) is 23.8 Å². The van der Waals surface area contributed by atoms with Gasteiger partial charge in [0.05, 0.1) is 6.21 Å². The average molecular weight is 303 g/mol. The Morgan fingerprint density at radius 3 is 2.71 bits per heavy atom. The maximum absolute atomic E-state index is 6.08. The van der Waals surface area contributed by atoms with Crippen molar-refractivity contribution in [2.45, 2.75) is 6.61 Å². The summed E-state index contributed by atoms with van der Waals surface area (Å²) >= 11 is 6.08. The molecular weight excluding hydrogens is 288 g/mol. The molecule has 2 aromatic rings. The van der Waals surface area contributed by atoms with Crippen LogP contribution in [0.4, 0.5) is 0 Å². The Hall–Kier alpha value is -2.53. The van der Waals surface area contributed by atoms with Gasteiger partial charge in [0.25, 0.3) is 0 Å². The van der Waals surface area contributed by atoms with Gasteiger partial charge in [0.1, 0.15) is 12.4 Å². The minimum absolute atomic E-state index is 0.0858. The molecule has 0 saturated carbocycles. The van der Waals surface area contributed by atoms with Crippen LogP contribution in [-0.4, -0.2) is 12.2 Å². The first-order valence-electron chi connectivity index (χ1n) is 6.23. The lowest BCUT2D eigenvalue weighted by Crippen LogP contribution is -2.21. The first kappa shape index (κ1) is 14.9. The molecule has 0 amide bonds. The summed E-state index contributed by atoms with van der Waals surface area (Å²) in [6, 6.07) is 15.0. The van der Waals surface area contributed by atoms with Crippen molar-refractivity contribution >= 4 is 23.8 Å². The Labute approximate surface area is 127 Å². The normalized spacial score (nSPS) is 10.5. The van der Waals surface area contributed by atoms with E-state index in [1.54, 1.807) is 6.21 Å². The number of hydrogen-bond donors (Lipinski definition) is 2. The Morgan fingerprint density at radius 2 is 1.95 bits per heavy atom. The Morgan fingerprint density at radius 1 is 1.14 bits per heavy atom. The van der Waals surface area contributed by atoms with Gasteiger partial charge in [0, 0.05) is 10.6 Å². The Balaban J connectivity index is 2.03. The fraction of sp³-hybridized carbons (Fsp3) is 0.0667. The van der Waals surface area contributed by atoms with E-state index in [0.717, 1.165) is 11.1 Å². The smallest absolute Gasteiger partial charge is 0.211 e. The van der Waals surface area contributed by atoms with Crippen LogP contribution in [0.5, 0.6) is 5.75 Å². The lowest BCUT2D eigenvalue weighted by atomic mass is 10.2. The van der Waals surface area contributed by atoms with Crippen LogP contribution in [0, 0.1) is 0 Å². The van der Waals surface area contributed by atoms with Crippen molar-refractivity contribution in [3.8, 4) is 5.75 Å². The summed E-state index contributed by atoms with van der Waals surface area (Å²) in [4.78, 5) is 0. The highest BCUT2D eigenvalue weighted by atomic mass is 35.5. The van der Waals surface area contributed by atoms with Crippen LogP contribution in [0.25, 0.3) is 0 Å². The number of nitrogens with two attached hydrogens (primary N) is 2. The van der Waals surface area contributed by atoms with Crippen molar-refractivity contribution < 1.29 is 4.74 Å². The van der Waals surface area contributed by atoms with E-state index in [1.807, 2.05) is 48.5 Å². The minimum Gasteiger partial charge on any atom is -0.489 e. The summed E-state index contributed by atoms with van der Waals surface area (Å²) < 4.78 is 5.71. The third-order valence-corrected chi connectivity index (χ3v) is 2.96. The second kappa shape index (κ2) is 7.31. The zero-order chi connectivity index (χ0) is 15.1. The lowest BCUT2D eigenvalue weighted by Gasteiger charge is -2.08. The Bertz CT molecular complexity index is 666. The second-order valence-electron chi connectivity index (χ2n) is 4.22. The summed E-state index contributed by atoms with van der Waals surface area (Å²) in [5.41, 5.74) is 12.1. The van der Waals surface area contributed by atoms with Crippen molar-refractivity contribution in [1.82, 2.24) is 0 Å². The predicted molar refractivity (Wildman–Crippen MR) is 85.6 cm³/mol. The highest BCUT2D eigenvalue weighted by Gasteiger charge is 2.00. The Kier molecular flexibility index (Phi) is 5.17. The molecule has 0 atom stereocenters. The number of halogens is 1. The highest BCUT2D eigenvalue weighted by molar-refractivity contribution is 6.31. The van der Waals surface area contributed by atoms with Gasteiger partial charge in [0.2, 0.25) is 5.96 Å². The molecule has 108 valence electrons. The van der Waals surface area contributed by atoms with E-state index in [9.17, 15) is 0 Å². The molecule has 0 bridgehead atoms. The van der Waals surface area contributed by atoms with Crippen LogP contribution in [-0.2, 0) is 6.61 Å². The maximum atomic E-state index is 6.08. The van der Waals surface area contributed by atoms with Gasteiger partial charge in [-0.15, -0.1) is 5.10 Å². The zero-order valence-electron chi connectivity index (χ0n) is 11.2. The van der Waals surface area contributed by atoms with E-state index in [2.05, 4.69) is 10.2 Å². The van der Waals surface area contributed by atoms with Gasteiger partial charge in [-0.2, -0.15) is 5.10 Å². The molecule has 0 unspecified atom stereocenters. The lowest BCUT2D eigenvalue weighted by molar-refractivity contribution is 0.306. The van der Waals surface area contributed by atoms with Gasteiger partial charge in [-0.1, -0.05) is 41.9 Å². The number of guanidine groups is 1. The molecule has 2 rings (SSSR count). The quantitative estimate of drug-likeness (QED) is 0.505. The van der Waals surface area contributed by atoms with Gasteiger partial charge >= 0.3 is 0 Å². The fourth-order valence-electron chi connectivity index (χ4n) is 1.62. The van der Waals surface area contributed by atoms with E-state index < -0.39 is 0 Å². The molecule has 6 heteroatoms. The number of nitrogens with zero attached hydrogens (tertiary/aromatic N) is 2. The van der Waals surface area contributed by atoms with E-state index in [4.69, 9.17) is 27.8 Å². The molecule has 0 aliphatic heterocycles. The minimum atomic E-state index is -0.0858. The third kappa shape index (κ3) is 4.81. The molecule has 0 fully saturated rings. The molecule has 4 N–H and O–H groups in total. The number of rotatable bonds is 5. The number of benzene rings is 2. The monoisotopic (exact) mass is 302 g/mol. The summed E-state index contributed by atoms with van der Waals surface area (Å²) in [5.74, 6) is 0.626. The summed E-state index contributed by atoms with van der Waals surface area (Å²) in [6.07, 6.45) is 1.54. The second-order valence-corrected chi connectivity index (χ2v) is 4.63. The van der Waals surface area contributed by atoms with Crippen molar-refractivity contribution in [3.63, 3.8) is 0 Å². The highest BCUT2D eigenvalue weighted by Crippen LogP contribution is 2.19.